The standard InChI is InChI=1S/C22H27N5O5S/c1-4-27(5-2)19-12-8-16(23-22(29)18-11-13-21(28)25-24-18)14-20(19)33(30,31)26-15-6-9-17(32-3)10-7-15/h6-10,12,14,26H,4-5,11,13H2,1-3H3,(H,23,29)(H,25,28). The third kappa shape index (κ3) is 5.80. The van der Waals surface area contributed by atoms with E-state index in [4.69, 9.17) is 4.74 Å². The Morgan fingerprint density at radius 1 is 1.09 bits per heavy atom. The number of rotatable bonds is 9. The van der Waals surface area contributed by atoms with Crippen LogP contribution in [0.1, 0.15) is 26.7 Å². The summed E-state index contributed by atoms with van der Waals surface area (Å²) < 4.78 is 34.4. The van der Waals surface area contributed by atoms with Crippen LogP contribution in [0, 0.1) is 0 Å². The van der Waals surface area contributed by atoms with Crippen LogP contribution >= 0.6 is 0 Å². The fourth-order valence-corrected chi connectivity index (χ4v) is 4.65. The molecule has 176 valence electrons. The van der Waals surface area contributed by atoms with Crippen molar-refractivity contribution in [2.24, 2.45) is 5.10 Å². The topological polar surface area (TPSA) is 129 Å². The highest BCUT2D eigenvalue weighted by Gasteiger charge is 2.24. The molecule has 3 N–H and O–H groups in total. The van der Waals surface area contributed by atoms with Gasteiger partial charge in [0, 0.05) is 37.3 Å². The largest absolute Gasteiger partial charge is 0.497 e. The third-order valence-electron chi connectivity index (χ3n) is 5.12. The first-order valence-electron chi connectivity index (χ1n) is 10.5. The van der Waals surface area contributed by atoms with E-state index >= 15 is 0 Å². The van der Waals surface area contributed by atoms with Crippen LogP contribution in [0.2, 0.25) is 0 Å². The molecule has 33 heavy (non-hydrogen) atoms. The Bertz CT molecular complexity index is 1160. The van der Waals surface area contributed by atoms with Crippen LogP contribution in [0.3, 0.4) is 0 Å². The molecule has 1 heterocycles. The summed E-state index contributed by atoms with van der Waals surface area (Å²) in [5.41, 5.74) is 3.64. The first-order chi connectivity index (χ1) is 15.8. The minimum absolute atomic E-state index is 0.0266. The Morgan fingerprint density at radius 3 is 2.33 bits per heavy atom. The minimum atomic E-state index is -3.99. The highest BCUT2D eigenvalue weighted by molar-refractivity contribution is 7.92. The van der Waals surface area contributed by atoms with Crippen molar-refractivity contribution >= 4 is 44.6 Å². The predicted octanol–water partition coefficient (Wildman–Crippen LogP) is 2.55. The van der Waals surface area contributed by atoms with E-state index in [1.807, 2.05) is 18.7 Å². The van der Waals surface area contributed by atoms with Crippen LogP contribution in [-0.4, -0.2) is 46.1 Å². The number of nitrogens with one attached hydrogen (secondary N) is 3. The molecule has 0 bridgehead atoms. The first kappa shape index (κ1) is 24.1. The van der Waals surface area contributed by atoms with E-state index in [0.29, 0.717) is 35.9 Å². The first-order valence-corrected chi connectivity index (χ1v) is 12.0. The average Bonchev–Trinajstić information content (AvgIpc) is 2.81. The van der Waals surface area contributed by atoms with Crippen LogP contribution in [0.5, 0.6) is 5.75 Å². The van der Waals surface area contributed by atoms with Gasteiger partial charge in [-0.2, -0.15) is 5.10 Å². The highest BCUT2D eigenvalue weighted by Crippen LogP contribution is 2.30. The molecule has 11 heteroatoms. The van der Waals surface area contributed by atoms with Crippen molar-refractivity contribution in [1.29, 1.82) is 0 Å². The number of anilines is 3. The van der Waals surface area contributed by atoms with E-state index in [1.54, 1.807) is 36.4 Å². The average molecular weight is 474 g/mol. The lowest BCUT2D eigenvalue weighted by Crippen LogP contribution is -2.33. The lowest BCUT2D eigenvalue weighted by Gasteiger charge is -2.25. The van der Waals surface area contributed by atoms with Gasteiger partial charge in [-0.25, -0.2) is 13.8 Å². The molecule has 0 saturated heterocycles. The normalized spacial score (nSPS) is 13.5. The van der Waals surface area contributed by atoms with Gasteiger partial charge in [-0.05, 0) is 56.3 Å². The van der Waals surface area contributed by atoms with Crippen molar-refractivity contribution in [1.82, 2.24) is 5.43 Å². The van der Waals surface area contributed by atoms with Crippen LogP contribution in [0.25, 0.3) is 0 Å². The summed E-state index contributed by atoms with van der Waals surface area (Å²) in [6.07, 6.45) is 0.373. The number of methoxy groups -OCH3 is 1. The molecule has 0 aromatic heterocycles. The van der Waals surface area contributed by atoms with Crippen molar-refractivity contribution in [3.8, 4) is 5.75 Å². The number of carbonyl (C=O) groups is 2. The van der Waals surface area contributed by atoms with Crippen LogP contribution in [0.15, 0.2) is 52.5 Å². The van der Waals surface area contributed by atoms with E-state index in [9.17, 15) is 18.0 Å². The Balaban J connectivity index is 1.94. The molecule has 2 amide bonds. The maximum absolute atomic E-state index is 13.3. The maximum Gasteiger partial charge on any atom is 0.271 e. The molecule has 0 fully saturated rings. The molecular weight excluding hydrogens is 446 g/mol. The fourth-order valence-electron chi connectivity index (χ4n) is 3.34. The molecular formula is C22H27N5O5S. The van der Waals surface area contributed by atoms with Gasteiger partial charge in [0.1, 0.15) is 16.4 Å². The van der Waals surface area contributed by atoms with Crippen molar-refractivity contribution in [3.05, 3.63) is 42.5 Å². The van der Waals surface area contributed by atoms with Gasteiger partial charge in [0.15, 0.2) is 0 Å². The van der Waals surface area contributed by atoms with Gasteiger partial charge in [-0.15, -0.1) is 0 Å². The molecule has 10 nitrogen and oxygen atoms in total. The van der Waals surface area contributed by atoms with Gasteiger partial charge in [-0.1, -0.05) is 0 Å². The summed E-state index contributed by atoms with van der Waals surface area (Å²) in [5, 5.41) is 6.45. The molecule has 2 aromatic rings. The summed E-state index contributed by atoms with van der Waals surface area (Å²) in [6.45, 7) is 5.07. The summed E-state index contributed by atoms with van der Waals surface area (Å²) in [4.78, 5) is 25.7. The predicted molar refractivity (Wildman–Crippen MR) is 127 cm³/mol. The SMILES string of the molecule is CCN(CC)c1ccc(NC(=O)C2=NNC(=O)CC2)cc1S(=O)(=O)Nc1ccc(OC)cc1. The monoisotopic (exact) mass is 473 g/mol. The molecule has 0 spiro atoms. The van der Waals surface area contributed by atoms with Gasteiger partial charge >= 0.3 is 0 Å². The zero-order valence-corrected chi connectivity index (χ0v) is 19.5. The number of carbonyl (C=O) groups excluding carboxylic acids is 2. The van der Waals surface area contributed by atoms with Crippen LogP contribution in [-0.2, 0) is 19.6 Å². The van der Waals surface area contributed by atoms with Crippen molar-refractivity contribution in [3.63, 3.8) is 0 Å². The summed E-state index contributed by atoms with van der Waals surface area (Å²) in [7, 11) is -2.46. The molecule has 0 aliphatic carbocycles. The summed E-state index contributed by atoms with van der Waals surface area (Å²) >= 11 is 0. The van der Waals surface area contributed by atoms with Crippen molar-refractivity contribution in [2.75, 3.05) is 35.1 Å². The van der Waals surface area contributed by atoms with Crippen molar-refractivity contribution < 1.29 is 22.7 Å². The Labute approximate surface area is 193 Å². The zero-order valence-electron chi connectivity index (χ0n) is 18.7. The molecule has 0 atom stereocenters. The fraction of sp³-hybridized carbons (Fsp3) is 0.318. The molecule has 1 aliphatic heterocycles. The molecule has 0 radical (unpaired) electrons. The van der Waals surface area contributed by atoms with Crippen molar-refractivity contribution in [2.45, 2.75) is 31.6 Å². The molecule has 1 aliphatic rings. The summed E-state index contributed by atoms with van der Waals surface area (Å²) in [5.74, 6) is -0.154. The second kappa shape index (κ2) is 10.3. The number of hydrogen-bond acceptors (Lipinski definition) is 7. The summed E-state index contributed by atoms with van der Waals surface area (Å²) in [6, 6.07) is 11.2. The minimum Gasteiger partial charge on any atom is -0.497 e. The Morgan fingerprint density at radius 2 is 1.76 bits per heavy atom. The van der Waals surface area contributed by atoms with E-state index in [-0.39, 0.29) is 29.4 Å². The number of hydrogen-bond donors (Lipinski definition) is 3. The van der Waals surface area contributed by atoms with E-state index in [0.717, 1.165) is 0 Å². The molecule has 0 saturated carbocycles. The van der Waals surface area contributed by atoms with E-state index < -0.39 is 15.9 Å². The Hall–Kier alpha value is -3.60. The van der Waals surface area contributed by atoms with Gasteiger partial charge in [0.05, 0.1) is 12.8 Å². The second-order valence-electron chi connectivity index (χ2n) is 7.24. The molecule has 3 rings (SSSR count). The van der Waals surface area contributed by atoms with Gasteiger partial charge in [0.25, 0.3) is 15.9 Å². The van der Waals surface area contributed by atoms with Gasteiger partial charge in [0.2, 0.25) is 5.91 Å². The number of ether oxygens (including phenoxy) is 1. The highest BCUT2D eigenvalue weighted by atomic mass is 32.2. The number of benzene rings is 2. The van der Waals surface area contributed by atoms with E-state index in [2.05, 4.69) is 20.6 Å². The maximum atomic E-state index is 13.3. The van der Waals surface area contributed by atoms with Crippen LogP contribution in [0.4, 0.5) is 17.1 Å². The van der Waals surface area contributed by atoms with Crippen LogP contribution < -0.4 is 25.1 Å². The quantitative estimate of drug-likeness (QED) is 0.513. The van der Waals surface area contributed by atoms with Gasteiger partial charge in [-0.3, -0.25) is 14.3 Å². The molecule has 0 unspecified atom stereocenters. The van der Waals surface area contributed by atoms with E-state index in [1.165, 1.54) is 13.2 Å². The van der Waals surface area contributed by atoms with Gasteiger partial charge < -0.3 is 15.0 Å². The third-order valence-corrected chi connectivity index (χ3v) is 6.53. The lowest BCUT2D eigenvalue weighted by molar-refractivity contribution is -0.121. The zero-order chi connectivity index (χ0) is 24.0. The smallest absolute Gasteiger partial charge is 0.271 e. The second-order valence-corrected chi connectivity index (χ2v) is 8.89. The number of nitrogens with zero attached hydrogens (tertiary/aromatic N) is 2. The number of amides is 2. The Kier molecular flexibility index (Phi) is 7.54. The number of sulfonamides is 1. The molecule has 2 aromatic carbocycles. The lowest BCUT2D eigenvalue weighted by atomic mass is 10.1. The number of hydrazone groups is 1.